The first-order valence-corrected chi connectivity index (χ1v) is 5.66. The van der Waals surface area contributed by atoms with Gasteiger partial charge in [-0.3, -0.25) is 19.5 Å². The summed E-state index contributed by atoms with van der Waals surface area (Å²) in [6, 6.07) is 5.50. The Bertz CT molecular complexity index is 395. The summed E-state index contributed by atoms with van der Waals surface area (Å²) >= 11 is 0. The number of carboxylic acids is 1. The third kappa shape index (κ3) is 5.95. The minimum atomic E-state index is -0.895. The van der Waals surface area contributed by atoms with Gasteiger partial charge in [-0.05, 0) is 12.1 Å². The first-order chi connectivity index (χ1) is 8.58. The highest BCUT2D eigenvalue weighted by Gasteiger charge is 2.10. The SMILES string of the molecule is CC(=O)NCCN(CC(=O)O)Cc1ccccn1. The number of amides is 1. The van der Waals surface area contributed by atoms with Gasteiger partial charge in [0.2, 0.25) is 5.91 Å². The molecule has 2 N–H and O–H groups in total. The van der Waals surface area contributed by atoms with Gasteiger partial charge in [-0.15, -0.1) is 0 Å². The number of hydrogen-bond acceptors (Lipinski definition) is 4. The molecule has 0 aliphatic rings. The average Bonchev–Trinajstić information content (AvgIpc) is 2.28. The van der Waals surface area contributed by atoms with Crippen molar-refractivity contribution in [2.24, 2.45) is 0 Å². The van der Waals surface area contributed by atoms with E-state index in [1.165, 1.54) is 6.92 Å². The normalized spacial score (nSPS) is 10.3. The largest absolute Gasteiger partial charge is 0.480 e. The predicted molar refractivity (Wildman–Crippen MR) is 65.8 cm³/mol. The van der Waals surface area contributed by atoms with E-state index < -0.39 is 5.97 Å². The number of nitrogens with one attached hydrogen (secondary N) is 1. The highest BCUT2D eigenvalue weighted by atomic mass is 16.4. The smallest absolute Gasteiger partial charge is 0.317 e. The second-order valence-electron chi connectivity index (χ2n) is 3.91. The molecule has 1 aromatic rings. The lowest BCUT2D eigenvalue weighted by atomic mass is 10.3. The molecule has 6 nitrogen and oxygen atoms in total. The number of hydrogen-bond donors (Lipinski definition) is 2. The lowest BCUT2D eigenvalue weighted by molar-refractivity contribution is -0.138. The van der Waals surface area contributed by atoms with Gasteiger partial charge in [-0.1, -0.05) is 6.07 Å². The second-order valence-corrected chi connectivity index (χ2v) is 3.91. The molecule has 0 bridgehead atoms. The van der Waals surface area contributed by atoms with Crippen LogP contribution in [0, 0.1) is 0 Å². The van der Waals surface area contributed by atoms with E-state index in [4.69, 9.17) is 5.11 Å². The van der Waals surface area contributed by atoms with Crippen LogP contribution in [0.1, 0.15) is 12.6 Å². The van der Waals surface area contributed by atoms with Crippen LogP contribution in [0.2, 0.25) is 0 Å². The van der Waals surface area contributed by atoms with Crippen LogP contribution in [-0.2, 0) is 16.1 Å². The Balaban J connectivity index is 2.50. The van der Waals surface area contributed by atoms with Crippen LogP contribution in [0.15, 0.2) is 24.4 Å². The third-order valence-corrected chi connectivity index (χ3v) is 2.27. The molecule has 18 heavy (non-hydrogen) atoms. The zero-order valence-electron chi connectivity index (χ0n) is 10.3. The zero-order valence-corrected chi connectivity index (χ0v) is 10.3. The van der Waals surface area contributed by atoms with Crippen LogP contribution < -0.4 is 5.32 Å². The van der Waals surface area contributed by atoms with Gasteiger partial charge in [0.1, 0.15) is 0 Å². The van der Waals surface area contributed by atoms with E-state index in [0.717, 1.165) is 5.69 Å². The zero-order chi connectivity index (χ0) is 13.4. The highest BCUT2D eigenvalue weighted by Crippen LogP contribution is 2.00. The van der Waals surface area contributed by atoms with E-state index in [1.54, 1.807) is 11.1 Å². The van der Waals surface area contributed by atoms with Gasteiger partial charge < -0.3 is 10.4 Å². The molecule has 1 aromatic heterocycles. The van der Waals surface area contributed by atoms with Crippen molar-refractivity contribution in [1.29, 1.82) is 0 Å². The molecule has 0 saturated heterocycles. The maximum Gasteiger partial charge on any atom is 0.317 e. The van der Waals surface area contributed by atoms with E-state index >= 15 is 0 Å². The Morgan fingerprint density at radius 3 is 2.78 bits per heavy atom. The maximum atomic E-state index is 10.7. The number of pyridine rings is 1. The van der Waals surface area contributed by atoms with Crippen LogP contribution in [0.5, 0.6) is 0 Å². The van der Waals surface area contributed by atoms with E-state index in [0.29, 0.717) is 19.6 Å². The van der Waals surface area contributed by atoms with Crippen molar-refractivity contribution >= 4 is 11.9 Å². The van der Waals surface area contributed by atoms with Crippen molar-refractivity contribution in [1.82, 2.24) is 15.2 Å². The van der Waals surface area contributed by atoms with Crippen LogP contribution in [0.3, 0.4) is 0 Å². The summed E-state index contributed by atoms with van der Waals surface area (Å²) in [5.74, 6) is -1.02. The summed E-state index contributed by atoms with van der Waals surface area (Å²) in [5.41, 5.74) is 0.807. The molecule has 98 valence electrons. The molecule has 0 radical (unpaired) electrons. The number of carbonyl (C=O) groups is 2. The molecule has 1 heterocycles. The Morgan fingerprint density at radius 1 is 1.44 bits per heavy atom. The van der Waals surface area contributed by atoms with Gasteiger partial charge in [0, 0.05) is 32.8 Å². The summed E-state index contributed by atoms with van der Waals surface area (Å²) in [4.78, 5) is 27.4. The van der Waals surface area contributed by atoms with Crippen LogP contribution >= 0.6 is 0 Å². The number of carbonyl (C=O) groups excluding carboxylic acids is 1. The number of aliphatic carboxylic acids is 1. The van der Waals surface area contributed by atoms with Crippen LogP contribution in [0.4, 0.5) is 0 Å². The fraction of sp³-hybridized carbons (Fsp3) is 0.417. The number of aromatic nitrogens is 1. The van der Waals surface area contributed by atoms with Crippen molar-refractivity contribution in [3.05, 3.63) is 30.1 Å². The van der Waals surface area contributed by atoms with E-state index in [9.17, 15) is 9.59 Å². The second kappa shape index (κ2) is 7.39. The van der Waals surface area contributed by atoms with Crippen LogP contribution in [-0.4, -0.2) is 46.5 Å². The number of carboxylic acid groups (broad SMARTS) is 1. The minimum Gasteiger partial charge on any atom is -0.480 e. The molecule has 0 unspecified atom stereocenters. The summed E-state index contributed by atoms with van der Waals surface area (Å²) < 4.78 is 0. The summed E-state index contributed by atoms with van der Waals surface area (Å²) in [6.45, 7) is 2.71. The Morgan fingerprint density at radius 2 is 2.22 bits per heavy atom. The first-order valence-electron chi connectivity index (χ1n) is 5.66. The minimum absolute atomic E-state index is 0.0733. The number of rotatable bonds is 7. The Kier molecular flexibility index (Phi) is 5.79. The van der Waals surface area contributed by atoms with Crippen molar-refractivity contribution in [2.45, 2.75) is 13.5 Å². The molecule has 0 fully saturated rings. The van der Waals surface area contributed by atoms with Crippen molar-refractivity contribution in [3.8, 4) is 0 Å². The molecule has 0 saturated carbocycles. The molecular weight excluding hydrogens is 234 g/mol. The summed E-state index contributed by atoms with van der Waals surface area (Å²) in [5, 5.41) is 11.5. The molecule has 0 aliphatic heterocycles. The lowest BCUT2D eigenvalue weighted by Crippen LogP contribution is -2.36. The van der Waals surface area contributed by atoms with Crippen molar-refractivity contribution in [2.75, 3.05) is 19.6 Å². The van der Waals surface area contributed by atoms with E-state index in [2.05, 4.69) is 10.3 Å². The van der Waals surface area contributed by atoms with Crippen molar-refractivity contribution < 1.29 is 14.7 Å². The van der Waals surface area contributed by atoms with Gasteiger partial charge in [0.25, 0.3) is 0 Å². The first kappa shape index (κ1) is 14.1. The topological polar surface area (TPSA) is 82.5 Å². The molecule has 0 aromatic carbocycles. The number of nitrogens with zero attached hydrogens (tertiary/aromatic N) is 2. The molecule has 0 atom stereocenters. The van der Waals surface area contributed by atoms with Crippen LogP contribution in [0.25, 0.3) is 0 Å². The van der Waals surface area contributed by atoms with E-state index in [-0.39, 0.29) is 12.5 Å². The predicted octanol–water partition coefficient (Wildman–Crippen LogP) is 0.104. The van der Waals surface area contributed by atoms with Gasteiger partial charge in [0.05, 0.1) is 12.2 Å². The van der Waals surface area contributed by atoms with Crippen molar-refractivity contribution in [3.63, 3.8) is 0 Å². The Hall–Kier alpha value is -1.95. The fourth-order valence-corrected chi connectivity index (χ4v) is 1.52. The standard InChI is InChI=1S/C12H17N3O3/c1-10(16)13-6-7-15(9-12(17)18)8-11-4-2-3-5-14-11/h2-5H,6-9H2,1H3,(H,13,16)(H,17,18). The highest BCUT2D eigenvalue weighted by molar-refractivity contribution is 5.72. The molecule has 1 rings (SSSR count). The lowest BCUT2D eigenvalue weighted by Gasteiger charge is -2.19. The monoisotopic (exact) mass is 251 g/mol. The molecule has 0 spiro atoms. The molecular formula is C12H17N3O3. The fourth-order valence-electron chi connectivity index (χ4n) is 1.52. The summed E-state index contributed by atoms with van der Waals surface area (Å²) in [6.07, 6.45) is 1.67. The van der Waals surface area contributed by atoms with Gasteiger partial charge >= 0.3 is 5.97 Å². The van der Waals surface area contributed by atoms with E-state index in [1.807, 2.05) is 18.2 Å². The van der Waals surface area contributed by atoms with Gasteiger partial charge in [-0.2, -0.15) is 0 Å². The molecule has 1 amide bonds. The van der Waals surface area contributed by atoms with Gasteiger partial charge in [-0.25, -0.2) is 0 Å². The Labute approximate surface area is 106 Å². The quantitative estimate of drug-likeness (QED) is 0.718. The maximum absolute atomic E-state index is 10.7. The molecule has 6 heteroatoms. The summed E-state index contributed by atoms with van der Waals surface area (Å²) in [7, 11) is 0. The average molecular weight is 251 g/mol. The third-order valence-electron chi connectivity index (χ3n) is 2.27. The molecule has 0 aliphatic carbocycles. The van der Waals surface area contributed by atoms with Gasteiger partial charge in [0.15, 0.2) is 0 Å².